The van der Waals surface area contributed by atoms with Crippen LogP contribution in [-0.4, -0.2) is 41.9 Å². The van der Waals surface area contributed by atoms with Crippen LogP contribution in [0.5, 0.6) is 0 Å². The summed E-state index contributed by atoms with van der Waals surface area (Å²) in [5.41, 5.74) is 1.70. The van der Waals surface area contributed by atoms with Gasteiger partial charge in [-0.15, -0.1) is 11.8 Å². The van der Waals surface area contributed by atoms with Gasteiger partial charge < -0.3 is 4.74 Å². The Kier molecular flexibility index (Phi) is 8.46. The van der Waals surface area contributed by atoms with Crippen molar-refractivity contribution in [2.75, 3.05) is 25.4 Å². The van der Waals surface area contributed by atoms with Gasteiger partial charge in [-0.3, -0.25) is 9.88 Å². The topological polar surface area (TPSA) is 25.4 Å². The van der Waals surface area contributed by atoms with E-state index in [1.54, 1.807) is 0 Å². The summed E-state index contributed by atoms with van der Waals surface area (Å²) in [4.78, 5) is 8.18. The molecule has 0 amide bonds. The zero-order valence-electron chi connectivity index (χ0n) is 17.8. The van der Waals surface area contributed by atoms with Crippen molar-refractivity contribution >= 4 is 11.8 Å². The molecule has 0 spiro atoms. The summed E-state index contributed by atoms with van der Waals surface area (Å²) < 4.78 is 30.5. The number of alkyl halides is 2. The molecule has 3 nitrogen and oxygen atoms in total. The molecule has 0 aliphatic carbocycles. The summed E-state index contributed by atoms with van der Waals surface area (Å²) in [7, 11) is 0. The van der Waals surface area contributed by atoms with E-state index in [0.717, 1.165) is 49.4 Å². The van der Waals surface area contributed by atoms with Gasteiger partial charge >= 0.3 is 6.61 Å². The normalized spacial score (nSPS) is 21.6. The van der Waals surface area contributed by atoms with E-state index in [9.17, 15) is 8.78 Å². The maximum absolute atomic E-state index is 12.8. The number of likely N-dealkylation sites (tertiary alicyclic amines) is 1. The predicted octanol–water partition coefficient (Wildman–Crippen LogP) is 5.99. The highest BCUT2D eigenvalue weighted by molar-refractivity contribution is 8.03. The molecule has 1 aliphatic heterocycles. The van der Waals surface area contributed by atoms with Crippen LogP contribution in [0.3, 0.4) is 0 Å². The lowest BCUT2D eigenvalue weighted by atomic mass is 9.82. The highest BCUT2D eigenvalue weighted by Gasteiger charge is 2.44. The Bertz CT molecular complexity index is 648. The maximum atomic E-state index is 12.8. The summed E-state index contributed by atoms with van der Waals surface area (Å²) >= 11 is 1.84. The van der Waals surface area contributed by atoms with Crippen LogP contribution in [0.2, 0.25) is 0 Å². The molecule has 1 atom stereocenters. The number of halogens is 2. The van der Waals surface area contributed by atoms with Gasteiger partial charge in [0.1, 0.15) is 0 Å². The number of thioether (sulfide) groups is 1. The van der Waals surface area contributed by atoms with Gasteiger partial charge in [-0.25, -0.2) is 0 Å². The molecule has 1 fully saturated rings. The molecule has 28 heavy (non-hydrogen) atoms. The zero-order valence-corrected chi connectivity index (χ0v) is 18.6. The number of allylic oxidation sites excluding steroid dienone is 2. The largest absolute Gasteiger partial charge is 0.345 e. The molecule has 6 heteroatoms. The van der Waals surface area contributed by atoms with Gasteiger partial charge in [-0.05, 0) is 75.8 Å². The van der Waals surface area contributed by atoms with Gasteiger partial charge in [0, 0.05) is 29.4 Å². The predicted molar refractivity (Wildman–Crippen MR) is 114 cm³/mol. The molecular weight excluding hydrogens is 378 g/mol. The Hall–Kier alpha value is -0.980. The average molecular weight is 413 g/mol. The van der Waals surface area contributed by atoms with Crippen LogP contribution in [0.15, 0.2) is 29.3 Å². The molecule has 1 aliphatic rings. The second-order valence-electron chi connectivity index (χ2n) is 8.18. The van der Waals surface area contributed by atoms with E-state index in [-0.39, 0.29) is 17.6 Å². The minimum atomic E-state index is -2.72. The van der Waals surface area contributed by atoms with E-state index in [0.29, 0.717) is 0 Å². The third kappa shape index (κ3) is 6.01. The molecule has 0 saturated carbocycles. The van der Waals surface area contributed by atoms with Crippen molar-refractivity contribution in [1.82, 2.24) is 9.88 Å². The second kappa shape index (κ2) is 10.2. The van der Waals surface area contributed by atoms with Crippen LogP contribution in [0.1, 0.15) is 58.2 Å². The second-order valence-corrected chi connectivity index (χ2v) is 9.57. The number of ether oxygens (including phenoxy) is 1. The molecule has 1 aromatic heterocycles. The lowest BCUT2D eigenvalue weighted by Gasteiger charge is -2.38. The summed E-state index contributed by atoms with van der Waals surface area (Å²) in [5.74, 6) is 1.03. The van der Waals surface area contributed by atoms with Gasteiger partial charge in [0.15, 0.2) is 0 Å². The molecule has 1 unspecified atom stereocenters. The van der Waals surface area contributed by atoms with Gasteiger partial charge in [-0.2, -0.15) is 8.78 Å². The minimum absolute atomic E-state index is 0.108. The Balaban J connectivity index is 2.15. The molecule has 0 N–H and O–H groups in total. The molecule has 2 heterocycles. The fourth-order valence-electron chi connectivity index (χ4n) is 3.93. The van der Waals surface area contributed by atoms with Crippen LogP contribution in [0, 0.1) is 12.3 Å². The van der Waals surface area contributed by atoms with Gasteiger partial charge in [0.25, 0.3) is 0 Å². The fraction of sp³-hybridized carbons (Fsp3) is 0.682. The van der Waals surface area contributed by atoms with E-state index in [2.05, 4.69) is 49.7 Å². The molecule has 158 valence electrons. The maximum Gasteiger partial charge on any atom is 0.345 e. The van der Waals surface area contributed by atoms with Crippen LogP contribution in [-0.2, 0) is 10.3 Å². The number of aromatic nitrogens is 1. The highest BCUT2D eigenvalue weighted by atomic mass is 32.2. The van der Waals surface area contributed by atoms with E-state index in [4.69, 9.17) is 4.74 Å². The Labute approximate surface area is 172 Å². The molecule has 0 radical (unpaired) electrons. The summed E-state index contributed by atoms with van der Waals surface area (Å²) in [6.07, 6.45) is 6.73. The van der Waals surface area contributed by atoms with Crippen molar-refractivity contribution in [2.45, 2.75) is 66.0 Å². The summed E-state index contributed by atoms with van der Waals surface area (Å²) in [5, 5.41) is 0. The van der Waals surface area contributed by atoms with Crippen molar-refractivity contribution < 1.29 is 13.5 Å². The number of nitrogens with zero attached hydrogens (tertiary/aromatic N) is 2. The van der Waals surface area contributed by atoms with E-state index < -0.39 is 6.61 Å². The first-order chi connectivity index (χ1) is 13.2. The molecule has 2 rings (SSSR count). The van der Waals surface area contributed by atoms with Crippen LogP contribution in [0.25, 0.3) is 0 Å². The summed E-state index contributed by atoms with van der Waals surface area (Å²) in [6, 6.07) is 4.15. The molecular formula is C22H34F2N2OS. The first-order valence-electron chi connectivity index (χ1n) is 10.1. The van der Waals surface area contributed by atoms with Gasteiger partial charge in [-0.1, -0.05) is 19.1 Å². The number of aryl methyl sites for hydroxylation is 1. The lowest BCUT2D eigenvalue weighted by molar-refractivity contribution is -0.152. The number of hydrogen-bond donors (Lipinski definition) is 0. The first kappa shape index (κ1) is 23.3. The number of rotatable bonds is 10. The smallest absolute Gasteiger partial charge is 0.322 e. The Morgan fingerprint density at radius 2 is 2.18 bits per heavy atom. The van der Waals surface area contributed by atoms with Gasteiger partial charge in [0.2, 0.25) is 0 Å². The average Bonchev–Trinajstić information content (AvgIpc) is 3.09. The Morgan fingerprint density at radius 3 is 2.75 bits per heavy atom. The van der Waals surface area contributed by atoms with Crippen molar-refractivity contribution in [3.63, 3.8) is 0 Å². The Morgan fingerprint density at radius 1 is 1.43 bits per heavy atom. The minimum Gasteiger partial charge on any atom is -0.322 e. The SMILES string of the molecule is C/C=C(/CCC1(COC(F)F)CCN(C(C)(C)c2ccc(C)nc2)C1)SCC. The van der Waals surface area contributed by atoms with Crippen molar-refractivity contribution in [1.29, 1.82) is 0 Å². The monoisotopic (exact) mass is 412 g/mol. The molecule has 0 bridgehead atoms. The zero-order chi connectivity index (χ0) is 20.8. The van der Waals surface area contributed by atoms with Crippen LogP contribution in [0.4, 0.5) is 8.78 Å². The lowest BCUT2D eigenvalue weighted by Crippen LogP contribution is -2.42. The fourth-order valence-corrected chi connectivity index (χ4v) is 4.72. The van der Waals surface area contributed by atoms with E-state index >= 15 is 0 Å². The van der Waals surface area contributed by atoms with Crippen molar-refractivity contribution in [3.05, 3.63) is 40.6 Å². The third-order valence-corrected chi connectivity index (χ3v) is 7.01. The van der Waals surface area contributed by atoms with Gasteiger partial charge in [0.05, 0.1) is 6.61 Å². The van der Waals surface area contributed by atoms with E-state index in [1.807, 2.05) is 30.9 Å². The van der Waals surface area contributed by atoms with Crippen molar-refractivity contribution in [2.24, 2.45) is 5.41 Å². The molecule has 0 aromatic carbocycles. The quantitative estimate of drug-likeness (QED) is 0.471. The van der Waals surface area contributed by atoms with E-state index in [1.165, 1.54) is 4.91 Å². The van der Waals surface area contributed by atoms with Crippen molar-refractivity contribution in [3.8, 4) is 0 Å². The molecule has 1 saturated heterocycles. The first-order valence-corrected chi connectivity index (χ1v) is 11.1. The third-order valence-electron chi connectivity index (χ3n) is 5.92. The van der Waals surface area contributed by atoms with Crippen LogP contribution >= 0.6 is 11.8 Å². The standard InChI is InChI=1S/C22H34F2N2OS/c1-6-19(28-7-2)10-11-22(16-27-20(23)24)12-13-26(15-22)21(4,5)18-9-8-17(3)25-14-18/h6,8-9,14,20H,7,10-13,15-16H2,1-5H3/b19-6-. The highest BCUT2D eigenvalue weighted by Crippen LogP contribution is 2.43. The summed E-state index contributed by atoms with van der Waals surface area (Å²) in [6.45, 7) is 9.57. The van der Waals surface area contributed by atoms with Crippen LogP contribution < -0.4 is 0 Å². The molecule has 1 aromatic rings. The number of hydrogen-bond acceptors (Lipinski definition) is 4. The number of pyridine rings is 1.